The van der Waals surface area contributed by atoms with Gasteiger partial charge in [0, 0.05) is 34.0 Å². The molecule has 3 aromatic carbocycles. The van der Waals surface area contributed by atoms with E-state index in [0.717, 1.165) is 0 Å². The predicted octanol–water partition coefficient (Wildman–Crippen LogP) is 5.74. The molecule has 5 rings (SSSR count). The average molecular weight is 571 g/mol. The van der Waals surface area contributed by atoms with E-state index in [2.05, 4.69) is 41.4 Å². The maximum Gasteiger partial charge on any atom is 0.273 e. The Balaban J connectivity index is 1.47. The maximum atomic E-state index is 12.9. The molecule has 0 spiro atoms. The third kappa shape index (κ3) is 6.10. The first-order valence-corrected chi connectivity index (χ1v) is 12.5. The number of hydrogen-bond donors (Lipinski definition) is 4. The number of hydrogen-bond acceptors (Lipinski definition) is 10. The van der Waals surface area contributed by atoms with Crippen LogP contribution in [0.5, 0.6) is 0 Å². The fourth-order valence-electron chi connectivity index (χ4n) is 3.60. The summed E-state index contributed by atoms with van der Waals surface area (Å²) >= 11 is 12.0. The van der Waals surface area contributed by atoms with Gasteiger partial charge in [-0.1, -0.05) is 53.5 Å². The van der Waals surface area contributed by atoms with Gasteiger partial charge in [-0.2, -0.15) is 20.2 Å². The van der Waals surface area contributed by atoms with Gasteiger partial charge in [0.2, 0.25) is 23.8 Å². The molecule has 198 valence electrons. The van der Waals surface area contributed by atoms with E-state index < -0.39 is 5.56 Å². The summed E-state index contributed by atoms with van der Waals surface area (Å²) in [6.07, 6.45) is 0. The molecule has 4 N–H and O–H groups in total. The van der Waals surface area contributed by atoms with Crippen molar-refractivity contribution in [3.05, 3.63) is 105 Å². The van der Waals surface area contributed by atoms with Gasteiger partial charge in [0.05, 0.1) is 5.69 Å². The molecular weight excluding hydrogens is 551 g/mol. The molecule has 0 atom stereocenters. The molecule has 0 aliphatic heterocycles. The summed E-state index contributed by atoms with van der Waals surface area (Å²) in [5.41, 5.74) is 7.47. The normalized spacial score (nSPS) is 10.4. The van der Waals surface area contributed by atoms with Crippen molar-refractivity contribution in [3.8, 4) is 17.3 Å². The topological polar surface area (TPSA) is 145 Å². The van der Waals surface area contributed by atoms with Gasteiger partial charge in [0.25, 0.3) is 5.56 Å². The predicted molar refractivity (Wildman–Crippen MR) is 156 cm³/mol. The summed E-state index contributed by atoms with van der Waals surface area (Å²) in [5, 5.41) is 17.0. The SMILES string of the molecule is Cn1c(NNc2nc(Nc3ccc(Cl)cc3)nc(Nc3ccc(Cl)cc3)n2)nc(-c2ccccc2)c(C#N)c1=O. The molecule has 13 heteroatoms. The second-order valence-corrected chi connectivity index (χ2v) is 9.19. The van der Waals surface area contributed by atoms with Gasteiger partial charge in [0.1, 0.15) is 11.6 Å². The van der Waals surface area contributed by atoms with Crippen molar-refractivity contribution in [2.45, 2.75) is 0 Å². The van der Waals surface area contributed by atoms with Crippen LogP contribution in [0.2, 0.25) is 10.0 Å². The summed E-state index contributed by atoms with van der Waals surface area (Å²) in [6.45, 7) is 0. The maximum absolute atomic E-state index is 12.9. The van der Waals surface area contributed by atoms with Gasteiger partial charge in [-0.05, 0) is 48.5 Å². The van der Waals surface area contributed by atoms with E-state index >= 15 is 0 Å². The highest BCUT2D eigenvalue weighted by atomic mass is 35.5. The molecule has 0 aliphatic carbocycles. The molecule has 0 aliphatic rings. The summed E-state index contributed by atoms with van der Waals surface area (Å²) < 4.78 is 1.22. The molecule has 5 aromatic rings. The molecule has 0 fully saturated rings. The Bertz CT molecular complexity index is 1690. The van der Waals surface area contributed by atoms with Crippen LogP contribution < -0.4 is 27.0 Å². The number of nitrogens with zero attached hydrogens (tertiary/aromatic N) is 6. The largest absolute Gasteiger partial charge is 0.324 e. The van der Waals surface area contributed by atoms with Crippen LogP contribution in [-0.4, -0.2) is 24.5 Å². The summed E-state index contributed by atoms with van der Waals surface area (Å²) in [5.74, 6) is 0.708. The zero-order chi connectivity index (χ0) is 28.1. The average Bonchev–Trinajstić information content (AvgIpc) is 2.96. The van der Waals surface area contributed by atoms with E-state index in [9.17, 15) is 10.1 Å². The molecule has 0 saturated carbocycles. The quantitative estimate of drug-likeness (QED) is 0.170. The van der Waals surface area contributed by atoms with Crippen LogP contribution in [0.1, 0.15) is 5.56 Å². The summed E-state index contributed by atoms with van der Waals surface area (Å²) in [4.78, 5) is 30.8. The van der Waals surface area contributed by atoms with Crippen LogP contribution in [0.15, 0.2) is 83.7 Å². The van der Waals surface area contributed by atoms with Crippen molar-refractivity contribution in [3.63, 3.8) is 0 Å². The number of nitrogens with one attached hydrogen (secondary N) is 4. The van der Waals surface area contributed by atoms with Crippen LogP contribution in [0, 0.1) is 11.3 Å². The number of rotatable bonds is 8. The van der Waals surface area contributed by atoms with Gasteiger partial charge in [-0.15, -0.1) is 0 Å². The Morgan fingerprint density at radius 1 is 0.725 bits per heavy atom. The molecule has 40 heavy (non-hydrogen) atoms. The van der Waals surface area contributed by atoms with Crippen LogP contribution in [0.4, 0.5) is 35.2 Å². The van der Waals surface area contributed by atoms with E-state index in [1.165, 1.54) is 11.6 Å². The van der Waals surface area contributed by atoms with Crippen molar-refractivity contribution in [1.29, 1.82) is 5.26 Å². The molecule has 0 unspecified atom stereocenters. The Kier molecular flexibility index (Phi) is 7.72. The number of nitriles is 1. The van der Waals surface area contributed by atoms with E-state index in [0.29, 0.717) is 27.0 Å². The van der Waals surface area contributed by atoms with Gasteiger partial charge >= 0.3 is 0 Å². The van der Waals surface area contributed by atoms with Crippen molar-refractivity contribution in [2.24, 2.45) is 7.05 Å². The molecular formula is C27H20Cl2N10O. The fourth-order valence-corrected chi connectivity index (χ4v) is 3.85. The molecule has 0 radical (unpaired) electrons. The third-order valence-corrected chi connectivity index (χ3v) is 6.08. The molecule has 2 aromatic heterocycles. The number of hydrazine groups is 1. The zero-order valence-electron chi connectivity index (χ0n) is 20.9. The van der Waals surface area contributed by atoms with Crippen LogP contribution >= 0.6 is 23.2 Å². The molecule has 2 heterocycles. The van der Waals surface area contributed by atoms with Gasteiger partial charge < -0.3 is 10.6 Å². The van der Waals surface area contributed by atoms with Crippen LogP contribution in [0.3, 0.4) is 0 Å². The van der Waals surface area contributed by atoms with Crippen LogP contribution in [0.25, 0.3) is 11.3 Å². The molecule has 11 nitrogen and oxygen atoms in total. The van der Waals surface area contributed by atoms with Crippen molar-refractivity contribution in [1.82, 2.24) is 24.5 Å². The second-order valence-electron chi connectivity index (χ2n) is 8.32. The highest BCUT2D eigenvalue weighted by Gasteiger charge is 2.16. The lowest BCUT2D eigenvalue weighted by atomic mass is 10.1. The standard InChI is InChI=1S/C27H20Cl2N10O/c1-39-23(40)21(15-30)22(16-5-3-2-4-6-16)33-27(39)38-37-26-35-24(31-19-11-7-17(28)8-12-19)34-25(36-26)32-20-13-9-18(29)10-14-20/h2-14H,1H3,(H,33,38)(H3,31,32,34,35,36,37). The summed E-state index contributed by atoms with van der Waals surface area (Å²) in [7, 11) is 1.50. The lowest BCUT2D eigenvalue weighted by Gasteiger charge is -2.15. The molecule has 0 saturated heterocycles. The lowest BCUT2D eigenvalue weighted by Crippen LogP contribution is -2.27. The first-order valence-electron chi connectivity index (χ1n) is 11.8. The Morgan fingerprint density at radius 2 is 1.25 bits per heavy atom. The number of halogens is 2. The van der Waals surface area contributed by atoms with Gasteiger partial charge in [0.15, 0.2) is 0 Å². The monoisotopic (exact) mass is 570 g/mol. The first-order chi connectivity index (χ1) is 19.4. The van der Waals surface area contributed by atoms with Gasteiger partial charge in [-0.3, -0.25) is 20.2 Å². The number of anilines is 6. The summed E-state index contributed by atoms with van der Waals surface area (Å²) in [6, 6.07) is 25.0. The third-order valence-electron chi connectivity index (χ3n) is 5.57. The van der Waals surface area contributed by atoms with E-state index in [1.807, 2.05) is 12.1 Å². The number of aromatic nitrogens is 5. The first kappa shape index (κ1) is 26.4. The highest BCUT2D eigenvalue weighted by molar-refractivity contribution is 6.30. The Hall–Kier alpha value is -5.18. The van der Waals surface area contributed by atoms with Crippen molar-refractivity contribution >= 4 is 58.4 Å². The van der Waals surface area contributed by atoms with Gasteiger partial charge in [-0.25, -0.2) is 4.98 Å². The minimum absolute atomic E-state index is 0.0664. The van der Waals surface area contributed by atoms with E-state index in [4.69, 9.17) is 23.2 Å². The van der Waals surface area contributed by atoms with Crippen molar-refractivity contribution in [2.75, 3.05) is 21.5 Å². The lowest BCUT2D eigenvalue weighted by molar-refractivity contribution is 0.829. The second kappa shape index (κ2) is 11.7. The number of benzene rings is 3. The highest BCUT2D eigenvalue weighted by Crippen LogP contribution is 2.23. The molecule has 0 amide bonds. The van der Waals surface area contributed by atoms with Crippen LogP contribution in [-0.2, 0) is 7.05 Å². The minimum atomic E-state index is -0.508. The molecule has 0 bridgehead atoms. The van der Waals surface area contributed by atoms with Crippen molar-refractivity contribution < 1.29 is 0 Å². The minimum Gasteiger partial charge on any atom is -0.324 e. The zero-order valence-corrected chi connectivity index (χ0v) is 22.4. The fraction of sp³-hybridized carbons (Fsp3) is 0.0370. The van der Waals surface area contributed by atoms with E-state index in [1.54, 1.807) is 72.8 Å². The van der Waals surface area contributed by atoms with E-state index in [-0.39, 0.29) is 35.1 Å². The smallest absolute Gasteiger partial charge is 0.273 e. The Morgan fingerprint density at radius 3 is 1.77 bits per heavy atom. The Labute approximate surface area is 238 Å².